The Bertz CT molecular complexity index is 354. The highest BCUT2D eigenvalue weighted by Crippen LogP contribution is 2.28. The average molecular weight is 216 g/mol. The molecule has 0 nitrogen and oxygen atoms in total. The van der Waals surface area contributed by atoms with Gasteiger partial charge in [-0.25, -0.2) is 0 Å². The molecular weight excluding hydrogens is 209 g/mol. The second-order valence-corrected chi connectivity index (χ2v) is 2.85. The molecule has 1 rings (SSSR count). The van der Waals surface area contributed by atoms with E-state index >= 15 is 0 Å². The zero-order chi connectivity index (χ0) is 10.6. The first-order chi connectivity index (χ1) is 6.54. The molecule has 0 saturated carbocycles. The van der Waals surface area contributed by atoms with Crippen molar-refractivity contribution in [3.8, 4) is 11.8 Å². The van der Waals surface area contributed by atoms with E-state index in [1.165, 1.54) is 12.1 Å². The molecule has 0 heterocycles. The van der Waals surface area contributed by atoms with Gasteiger partial charge in [-0.3, -0.25) is 0 Å². The molecule has 0 aromatic heterocycles. The molecule has 0 N–H and O–H groups in total. The summed E-state index contributed by atoms with van der Waals surface area (Å²) < 4.78 is 36.4. The molecule has 0 aliphatic carbocycles. The van der Waals surface area contributed by atoms with Crippen LogP contribution >= 0.6 is 12.6 Å². The summed E-state index contributed by atoms with van der Waals surface area (Å²) in [5, 5.41) is 0. The fraction of sp³-hybridized carbons (Fsp3) is 0.200. The molecule has 0 saturated heterocycles. The van der Waals surface area contributed by atoms with Crippen LogP contribution in [0.15, 0.2) is 24.3 Å². The third-order valence-electron chi connectivity index (χ3n) is 1.52. The summed E-state index contributed by atoms with van der Waals surface area (Å²) in [5.74, 6) is 5.72. The van der Waals surface area contributed by atoms with Crippen molar-refractivity contribution in [3.63, 3.8) is 0 Å². The van der Waals surface area contributed by atoms with Crippen molar-refractivity contribution in [2.45, 2.75) is 6.18 Å². The molecule has 0 bridgehead atoms. The Morgan fingerprint density at radius 2 is 1.71 bits per heavy atom. The summed E-state index contributed by atoms with van der Waals surface area (Å²) in [7, 11) is 0. The molecular formula is C10H7F3S. The van der Waals surface area contributed by atoms with E-state index in [1.54, 1.807) is 0 Å². The van der Waals surface area contributed by atoms with Gasteiger partial charge in [0.15, 0.2) is 0 Å². The van der Waals surface area contributed by atoms with Crippen LogP contribution in [0.4, 0.5) is 13.2 Å². The van der Waals surface area contributed by atoms with Crippen LogP contribution in [0.2, 0.25) is 0 Å². The molecule has 0 aliphatic rings. The summed E-state index contributed by atoms with van der Waals surface area (Å²) in [6.45, 7) is 0. The number of benzene rings is 1. The monoisotopic (exact) mass is 216 g/mol. The van der Waals surface area contributed by atoms with Crippen LogP contribution in [-0.4, -0.2) is 5.75 Å². The Morgan fingerprint density at radius 3 is 2.14 bits per heavy atom. The SMILES string of the molecule is FC(F)(F)c1ccc(C#CCS)cc1. The fourth-order valence-corrected chi connectivity index (χ4v) is 0.963. The highest BCUT2D eigenvalue weighted by atomic mass is 32.1. The predicted octanol–water partition coefficient (Wildman–Crippen LogP) is 2.99. The Morgan fingerprint density at radius 1 is 1.14 bits per heavy atom. The number of thiol groups is 1. The summed E-state index contributed by atoms with van der Waals surface area (Å²) in [6, 6.07) is 4.73. The molecule has 0 fully saturated rings. The Kier molecular flexibility index (Phi) is 3.48. The van der Waals surface area contributed by atoms with E-state index in [0.717, 1.165) is 12.1 Å². The summed E-state index contributed by atoms with van der Waals surface area (Å²) in [4.78, 5) is 0. The molecule has 74 valence electrons. The van der Waals surface area contributed by atoms with Gasteiger partial charge in [0, 0.05) is 5.56 Å². The lowest BCUT2D eigenvalue weighted by molar-refractivity contribution is -0.137. The van der Waals surface area contributed by atoms with E-state index in [4.69, 9.17) is 0 Å². The number of halogens is 3. The van der Waals surface area contributed by atoms with Gasteiger partial charge >= 0.3 is 6.18 Å². The molecule has 0 aliphatic heterocycles. The molecule has 4 heteroatoms. The van der Waals surface area contributed by atoms with Gasteiger partial charge in [0.25, 0.3) is 0 Å². The maximum atomic E-state index is 12.1. The van der Waals surface area contributed by atoms with Gasteiger partial charge in [-0.05, 0) is 24.3 Å². The van der Waals surface area contributed by atoms with Crippen molar-refractivity contribution in [3.05, 3.63) is 35.4 Å². The van der Waals surface area contributed by atoms with Gasteiger partial charge in [0.2, 0.25) is 0 Å². The summed E-state index contributed by atoms with van der Waals surface area (Å²) in [6.07, 6.45) is -4.28. The lowest BCUT2D eigenvalue weighted by atomic mass is 10.1. The van der Waals surface area contributed by atoms with Crippen molar-refractivity contribution >= 4 is 12.6 Å². The van der Waals surface area contributed by atoms with Crippen molar-refractivity contribution in [2.24, 2.45) is 0 Å². The van der Waals surface area contributed by atoms with Crippen LogP contribution in [-0.2, 0) is 6.18 Å². The Balaban J connectivity index is 2.89. The van der Waals surface area contributed by atoms with Crippen LogP contribution in [0.3, 0.4) is 0 Å². The minimum Gasteiger partial charge on any atom is -0.166 e. The predicted molar refractivity (Wildman–Crippen MR) is 52.2 cm³/mol. The Labute approximate surface area is 85.5 Å². The molecule has 0 amide bonds. The summed E-state index contributed by atoms with van der Waals surface area (Å²) >= 11 is 3.86. The molecule has 0 radical (unpaired) electrons. The molecule has 1 aromatic rings. The first-order valence-corrected chi connectivity index (χ1v) is 4.44. The standard InChI is InChI=1S/C10H7F3S/c11-10(12,13)9-5-3-8(4-6-9)2-1-7-14/h3-6,14H,7H2. The number of hydrogen-bond donors (Lipinski definition) is 1. The lowest BCUT2D eigenvalue weighted by Gasteiger charge is -2.05. The largest absolute Gasteiger partial charge is 0.416 e. The van der Waals surface area contributed by atoms with Crippen LogP contribution in [0, 0.1) is 11.8 Å². The molecule has 0 unspecified atom stereocenters. The van der Waals surface area contributed by atoms with Crippen molar-refractivity contribution in [2.75, 3.05) is 5.75 Å². The molecule has 14 heavy (non-hydrogen) atoms. The van der Waals surface area contributed by atoms with Gasteiger partial charge < -0.3 is 0 Å². The minimum atomic E-state index is -4.28. The van der Waals surface area contributed by atoms with E-state index < -0.39 is 11.7 Å². The van der Waals surface area contributed by atoms with E-state index in [2.05, 4.69) is 24.5 Å². The second kappa shape index (κ2) is 4.43. The van der Waals surface area contributed by atoms with E-state index in [9.17, 15) is 13.2 Å². The number of rotatable bonds is 0. The van der Waals surface area contributed by atoms with Gasteiger partial charge in [0.05, 0.1) is 11.3 Å². The van der Waals surface area contributed by atoms with Crippen molar-refractivity contribution in [1.82, 2.24) is 0 Å². The van der Waals surface area contributed by atoms with E-state index in [-0.39, 0.29) is 0 Å². The van der Waals surface area contributed by atoms with E-state index in [0.29, 0.717) is 11.3 Å². The molecule has 0 atom stereocenters. The van der Waals surface area contributed by atoms with E-state index in [1.807, 2.05) is 0 Å². The number of hydrogen-bond acceptors (Lipinski definition) is 1. The van der Waals surface area contributed by atoms with Crippen molar-refractivity contribution in [1.29, 1.82) is 0 Å². The van der Waals surface area contributed by atoms with Crippen molar-refractivity contribution < 1.29 is 13.2 Å². The third kappa shape index (κ3) is 3.00. The smallest absolute Gasteiger partial charge is 0.166 e. The maximum Gasteiger partial charge on any atom is 0.416 e. The molecule has 0 spiro atoms. The number of alkyl halides is 3. The first kappa shape index (κ1) is 11.0. The van der Waals surface area contributed by atoms with Crippen LogP contribution in [0.25, 0.3) is 0 Å². The Hall–Kier alpha value is -1.08. The fourth-order valence-electron chi connectivity index (χ4n) is 0.884. The zero-order valence-electron chi connectivity index (χ0n) is 7.10. The maximum absolute atomic E-state index is 12.1. The van der Waals surface area contributed by atoms with Crippen LogP contribution in [0.5, 0.6) is 0 Å². The van der Waals surface area contributed by atoms with Gasteiger partial charge in [-0.15, -0.1) is 0 Å². The van der Waals surface area contributed by atoms with Gasteiger partial charge in [0.1, 0.15) is 0 Å². The second-order valence-electron chi connectivity index (χ2n) is 2.53. The van der Waals surface area contributed by atoms with Gasteiger partial charge in [-0.1, -0.05) is 11.8 Å². The highest BCUT2D eigenvalue weighted by molar-refractivity contribution is 7.80. The summed E-state index contributed by atoms with van der Waals surface area (Å²) in [5.41, 5.74) is -0.0963. The normalized spacial score (nSPS) is 10.6. The average Bonchev–Trinajstić information content (AvgIpc) is 2.14. The quantitative estimate of drug-likeness (QED) is 0.500. The van der Waals surface area contributed by atoms with Gasteiger partial charge in [-0.2, -0.15) is 25.8 Å². The lowest BCUT2D eigenvalue weighted by Crippen LogP contribution is -2.04. The van der Waals surface area contributed by atoms with Crippen LogP contribution < -0.4 is 0 Å². The topological polar surface area (TPSA) is 0 Å². The first-order valence-electron chi connectivity index (χ1n) is 3.81. The molecule has 1 aromatic carbocycles. The minimum absolute atomic E-state index is 0.390. The third-order valence-corrected chi connectivity index (χ3v) is 1.68. The highest BCUT2D eigenvalue weighted by Gasteiger charge is 2.29. The zero-order valence-corrected chi connectivity index (χ0v) is 7.99. The van der Waals surface area contributed by atoms with Crippen LogP contribution in [0.1, 0.15) is 11.1 Å².